The normalized spacial score (nSPS) is 11.7. The van der Waals surface area contributed by atoms with Gasteiger partial charge in [-0.15, -0.1) is 11.3 Å². The average molecular weight is 293 g/mol. The van der Waals surface area contributed by atoms with Gasteiger partial charge < -0.3 is 5.32 Å². The minimum atomic E-state index is 0.235. The van der Waals surface area contributed by atoms with E-state index in [2.05, 4.69) is 34.0 Å². The maximum absolute atomic E-state index is 4.32. The van der Waals surface area contributed by atoms with Gasteiger partial charge in [0.1, 0.15) is 17.0 Å². The van der Waals surface area contributed by atoms with Crippen LogP contribution in [-0.4, -0.2) is 16.0 Å². The summed E-state index contributed by atoms with van der Waals surface area (Å²) in [5, 5.41) is 6.52. The van der Waals surface area contributed by atoms with E-state index in [4.69, 9.17) is 0 Å². The molecule has 0 aliphatic rings. The number of anilines is 1. The van der Waals surface area contributed by atoms with Crippen LogP contribution in [0.3, 0.4) is 0 Å². The van der Waals surface area contributed by atoms with Gasteiger partial charge in [-0.2, -0.15) is 0 Å². The lowest BCUT2D eigenvalue weighted by Crippen LogP contribution is -2.15. The summed E-state index contributed by atoms with van der Waals surface area (Å²) in [5.41, 5.74) is 1.05. The van der Waals surface area contributed by atoms with Crippen LogP contribution in [0.25, 0.3) is 10.2 Å². The van der Waals surface area contributed by atoms with E-state index in [1.807, 2.05) is 41.8 Å². The van der Waals surface area contributed by atoms with Crippen molar-refractivity contribution in [2.75, 3.05) is 5.32 Å². The number of nitrogens with one attached hydrogen (secondary N) is 1. The highest BCUT2D eigenvalue weighted by molar-refractivity contribution is 7.16. The first kappa shape index (κ1) is 13.6. The fourth-order valence-corrected chi connectivity index (χ4v) is 2.75. The first-order chi connectivity index (χ1) is 10.3. The summed E-state index contributed by atoms with van der Waals surface area (Å²) in [6.45, 7) is 2.11. The van der Waals surface area contributed by atoms with Crippen LogP contribution in [0.15, 0.2) is 48.1 Å². The predicted molar refractivity (Wildman–Crippen MR) is 88.4 cm³/mol. The van der Waals surface area contributed by atoms with Gasteiger partial charge in [-0.3, -0.25) is 0 Å². The summed E-state index contributed by atoms with van der Waals surface area (Å²) in [7, 11) is 0. The molecule has 0 saturated carbocycles. The molecule has 0 bridgehead atoms. The van der Waals surface area contributed by atoms with Gasteiger partial charge in [-0.25, -0.2) is 9.97 Å². The number of rotatable bonds is 3. The molecule has 1 unspecified atom stereocenters. The molecule has 0 radical (unpaired) electrons. The van der Waals surface area contributed by atoms with Crippen molar-refractivity contribution in [2.45, 2.75) is 19.4 Å². The Morgan fingerprint density at radius 2 is 2.05 bits per heavy atom. The van der Waals surface area contributed by atoms with Crippen molar-refractivity contribution < 1.29 is 0 Å². The molecule has 0 saturated heterocycles. The summed E-state index contributed by atoms with van der Waals surface area (Å²) in [4.78, 5) is 9.58. The molecule has 2 heterocycles. The molecule has 21 heavy (non-hydrogen) atoms. The molecular weight excluding hydrogens is 278 g/mol. The third-order valence-corrected chi connectivity index (χ3v) is 3.88. The van der Waals surface area contributed by atoms with Crippen LogP contribution < -0.4 is 5.32 Å². The molecule has 0 fully saturated rings. The lowest BCUT2D eigenvalue weighted by Gasteiger charge is -2.11. The Hall–Kier alpha value is -2.38. The summed E-state index contributed by atoms with van der Waals surface area (Å²) < 4.78 is 0. The molecule has 0 aliphatic heterocycles. The van der Waals surface area contributed by atoms with Gasteiger partial charge in [-0.1, -0.05) is 30.0 Å². The zero-order chi connectivity index (χ0) is 14.5. The molecule has 104 valence electrons. The molecule has 3 aromatic rings. The number of aromatic nitrogens is 2. The van der Waals surface area contributed by atoms with E-state index in [-0.39, 0.29) is 6.04 Å². The van der Waals surface area contributed by atoms with Crippen molar-refractivity contribution in [1.82, 2.24) is 9.97 Å². The van der Waals surface area contributed by atoms with E-state index >= 15 is 0 Å². The van der Waals surface area contributed by atoms with Crippen LogP contribution in [0.1, 0.15) is 18.9 Å². The van der Waals surface area contributed by atoms with Crippen molar-refractivity contribution in [2.24, 2.45) is 0 Å². The smallest absolute Gasteiger partial charge is 0.138 e. The number of benzene rings is 1. The summed E-state index contributed by atoms with van der Waals surface area (Å²) >= 11 is 1.62. The SMILES string of the molecule is CC(CC#Cc1ccccc1)Nc1ncnc2sccc12. The molecule has 4 heteroatoms. The van der Waals surface area contributed by atoms with Crippen LogP contribution in [0.5, 0.6) is 0 Å². The first-order valence-corrected chi connectivity index (χ1v) is 7.69. The van der Waals surface area contributed by atoms with Crippen LogP contribution in [-0.2, 0) is 0 Å². The highest BCUT2D eigenvalue weighted by Gasteiger charge is 2.07. The van der Waals surface area contributed by atoms with Crippen LogP contribution in [0.4, 0.5) is 5.82 Å². The molecule has 0 aliphatic carbocycles. The number of nitrogens with zero attached hydrogens (tertiary/aromatic N) is 2. The van der Waals surface area contributed by atoms with E-state index in [0.29, 0.717) is 0 Å². The van der Waals surface area contributed by atoms with Crippen LogP contribution >= 0.6 is 11.3 Å². The third kappa shape index (κ3) is 3.39. The standard InChI is InChI=1S/C17H15N3S/c1-13(6-5-9-14-7-3-2-4-8-14)20-16-15-10-11-21-17(15)19-12-18-16/h2-4,7-8,10-13H,6H2,1H3,(H,18,19,20). The summed E-state index contributed by atoms with van der Waals surface area (Å²) in [6.07, 6.45) is 2.37. The molecule has 0 amide bonds. The van der Waals surface area contributed by atoms with E-state index in [0.717, 1.165) is 28.0 Å². The fourth-order valence-electron chi connectivity index (χ4n) is 2.02. The molecular formula is C17H15N3S. The van der Waals surface area contributed by atoms with Crippen molar-refractivity contribution in [1.29, 1.82) is 0 Å². The topological polar surface area (TPSA) is 37.8 Å². The number of hydrogen-bond donors (Lipinski definition) is 1. The molecule has 1 N–H and O–H groups in total. The first-order valence-electron chi connectivity index (χ1n) is 6.81. The average Bonchev–Trinajstić information content (AvgIpc) is 2.98. The second-order valence-electron chi connectivity index (χ2n) is 4.78. The van der Waals surface area contributed by atoms with Crippen LogP contribution in [0, 0.1) is 11.8 Å². The van der Waals surface area contributed by atoms with Gasteiger partial charge in [0.15, 0.2) is 0 Å². The van der Waals surface area contributed by atoms with Crippen molar-refractivity contribution >= 4 is 27.4 Å². The Kier molecular flexibility index (Phi) is 4.13. The Labute approximate surface area is 128 Å². The van der Waals surface area contributed by atoms with E-state index in [9.17, 15) is 0 Å². The monoisotopic (exact) mass is 293 g/mol. The lowest BCUT2D eigenvalue weighted by atomic mass is 10.2. The maximum atomic E-state index is 4.32. The molecule has 0 spiro atoms. The van der Waals surface area contributed by atoms with Gasteiger partial charge in [0.25, 0.3) is 0 Å². The number of hydrogen-bond acceptors (Lipinski definition) is 4. The molecule has 1 aromatic carbocycles. The van der Waals surface area contributed by atoms with Crippen molar-refractivity contribution in [3.05, 3.63) is 53.7 Å². The second kappa shape index (κ2) is 6.38. The van der Waals surface area contributed by atoms with E-state index < -0.39 is 0 Å². The minimum Gasteiger partial charge on any atom is -0.366 e. The van der Waals surface area contributed by atoms with Crippen molar-refractivity contribution in [3.63, 3.8) is 0 Å². The Balaban J connectivity index is 1.66. The molecule has 1 atom stereocenters. The summed E-state index contributed by atoms with van der Waals surface area (Å²) in [5.74, 6) is 7.27. The quantitative estimate of drug-likeness (QED) is 0.743. The Bertz CT molecular complexity index is 784. The van der Waals surface area contributed by atoms with Gasteiger partial charge in [0.2, 0.25) is 0 Å². The van der Waals surface area contributed by atoms with Gasteiger partial charge in [0, 0.05) is 18.0 Å². The zero-order valence-corrected chi connectivity index (χ0v) is 12.5. The highest BCUT2D eigenvalue weighted by Crippen LogP contribution is 2.24. The summed E-state index contributed by atoms with van der Waals surface area (Å²) in [6, 6.07) is 12.3. The largest absolute Gasteiger partial charge is 0.366 e. The lowest BCUT2D eigenvalue weighted by molar-refractivity contribution is 0.822. The van der Waals surface area contributed by atoms with E-state index in [1.54, 1.807) is 17.7 Å². The van der Waals surface area contributed by atoms with Gasteiger partial charge in [-0.05, 0) is 30.5 Å². The van der Waals surface area contributed by atoms with Crippen LogP contribution in [0.2, 0.25) is 0 Å². The fraction of sp³-hybridized carbons (Fsp3) is 0.176. The molecule has 3 rings (SSSR count). The zero-order valence-electron chi connectivity index (χ0n) is 11.7. The maximum Gasteiger partial charge on any atom is 0.138 e. The van der Waals surface area contributed by atoms with E-state index in [1.165, 1.54) is 0 Å². The minimum absolute atomic E-state index is 0.235. The third-order valence-electron chi connectivity index (χ3n) is 3.06. The highest BCUT2D eigenvalue weighted by atomic mass is 32.1. The Morgan fingerprint density at radius 1 is 1.19 bits per heavy atom. The number of thiophene rings is 1. The molecule has 3 nitrogen and oxygen atoms in total. The molecule has 2 aromatic heterocycles. The van der Waals surface area contributed by atoms with Gasteiger partial charge >= 0.3 is 0 Å². The Morgan fingerprint density at radius 3 is 2.90 bits per heavy atom. The van der Waals surface area contributed by atoms with Crippen molar-refractivity contribution in [3.8, 4) is 11.8 Å². The number of fused-ring (bicyclic) bond motifs is 1. The predicted octanol–water partition coefficient (Wildman–Crippen LogP) is 3.93. The van der Waals surface area contributed by atoms with Gasteiger partial charge in [0.05, 0.1) is 5.39 Å². The second-order valence-corrected chi connectivity index (χ2v) is 5.67.